The Morgan fingerprint density at radius 3 is 2.61 bits per heavy atom. The Morgan fingerprint density at radius 2 is 2.17 bits per heavy atom. The van der Waals surface area contributed by atoms with Crippen LogP contribution in [0.5, 0.6) is 5.75 Å². The van der Waals surface area contributed by atoms with E-state index in [-0.39, 0.29) is 26.7 Å². The number of alkyl halides is 4. The fourth-order valence-corrected chi connectivity index (χ4v) is 2.33. The van der Waals surface area contributed by atoms with Gasteiger partial charge in [-0.1, -0.05) is 15.9 Å². The fraction of sp³-hybridized carbons (Fsp3) is 0.333. The van der Waals surface area contributed by atoms with E-state index < -0.39 is 18.1 Å². The fourth-order valence-electron chi connectivity index (χ4n) is 1.17. The van der Waals surface area contributed by atoms with Gasteiger partial charge in [0.1, 0.15) is 0 Å². The molecular weight excluding hydrogens is 434 g/mol. The summed E-state index contributed by atoms with van der Waals surface area (Å²) < 4.78 is 40.6. The molecule has 0 saturated carbocycles. The number of carbonyl (C=O) groups is 1. The van der Waals surface area contributed by atoms with Gasteiger partial charge in [0, 0.05) is 5.33 Å². The molecule has 0 aliphatic heterocycles. The zero-order valence-electron chi connectivity index (χ0n) is 8.59. The van der Waals surface area contributed by atoms with Crippen molar-refractivity contribution >= 4 is 44.5 Å². The number of halogens is 5. The molecular formula is C9H6BrF3INO3. The molecule has 0 bridgehead atoms. The van der Waals surface area contributed by atoms with Gasteiger partial charge in [-0.15, -0.1) is 13.2 Å². The molecule has 100 valence electrons. The molecule has 0 spiro atoms. The summed E-state index contributed by atoms with van der Waals surface area (Å²) in [6.07, 6.45) is -5.17. The highest BCUT2D eigenvalue weighted by Gasteiger charge is 2.33. The molecule has 4 nitrogen and oxygen atoms in total. The van der Waals surface area contributed by atoms with Crippen molar-refractivity contribution in [2.24, 2.45) is 0 Å². The first-order chi connectivity index (χ1) is 8.23. The summed E-state index contributed by atoms with van der Waals surface area (Å²) in [5.41, 5.74) is 0.186. The first-order valence-corrected chi connectivity index (χ1v) is 6.64. The van der Waals surface area contributed by atoms with Crippen LogP contribution in [0.4, 0.5) is 13.2 Å². The molecule has 1 aromatic heterocycles. The number of ether oxygens (including phenoxy) is 1. The van der Waals surface area contributed by atoms with Gasteiger partial charge in [0.2, 0.25) is 0 Å². The molecule has 0 aliphatic rings. The standard InChI is InChI=1S/C9H6BrF3INO3/c10-3-6-8(18-9(11,12)13)5(14)1-4(15-6)2-7(16)17/h1H,2-3H2,(H,16,17). The third-order valence-electron chi connectivity index (χ3n) is 1.73. The van der Waals surface area contributed by atoms with Gasteiger partial charge in [-0.3, -0.25) is 9.78 Å². The number of pyridine rings is 1. The number of nitrogens with zero attached hydrogens (tertiary/aromatic N) is 1. The Morgan fingerprint density at radius 1 is 1.56 bits per heavy atom. The summed E-state index contributed by atoms with van der Waals surface area (Å²) in [6.45, 7) is 0. The van der Waals surface area contributed by atoms with E-state index in [1.54, 1.807) is 22.6 Å². The van der Waals surface area contributed by atoms with Crippen LogP contribution in [0.1, 0.15) is 11.4 Å². The van der Waals surface area contributed by atoms with E-state index in [1.165, 1.54) is 6.07 Å². The second-order valence-corrected chi connectivity index (χ2v) is 4.85. The number of hydrogen-bond acceptors (Lipinski definition) is 3. The SMILES string of the molecule is O=C(O)Cc1cc(I)c(OC(F)(F)F)c(CBr)n1. The van der Waals surface area contributed by atoms with Crippen molar-refractivity contribution in [3.05, 3.63) is 21.0 Å². The number of carboxylic acid groups (broad SMARTS) is 1. The molecule has 1 N–H and O–H groups in total. The van der Waals surface area contributed by atoms with Crippen molar-refractivity contribution in [3.8, 4) is 5.75 Å². The van der Waals surface area contributed by atoms with Crippen LogP contribution in [0.15, 0.2) is 6.07 Å². The van der Waals surface area contributed by atoms with E-state index in [1.807, 2.05) is 0 Å². The smallest absolute Gasteiger partial charge is 0.481 e. The minimum absolute atomic E-state index is 0.00970. The Labute approximate surface area is 122 Å². The topological polar surface area (TPSA) is 59.4 Å². The van der Waals surface area contributed by atoms with Crippen molar-refractivity contribution < 1.29 is 27.8 Å². The van der Waals surface area contributed by atoms with Gasteiger partial charge in [-0.2, -0.15) is 0 Å². The van der Waals surface area contributed by atoms with Gasteiger partial charge < -0.3 is 9.84 Å². The van der Waals surface area contributed by atoms with Gasteiger partial charge in [0.05, 0.1) is 21.4 Å². The molecule has 0 aliphatic carbocycles. The largest absolute Gasteiger partial charge is 0.573 e. The lowest BCUT2D eigenvalue weighted by Crippen LogP contribution is -2.19. The number of rotatable bonds is 4. The van der Waals surface area contributed by atoms with Gasteiger partial charge in [-0.25, -0.2) is 0 Å². The molecule has 0 amide bonds. The van der Waals surface area contributed by atoms with Crippen molar-refractivity contribution in [3.63, 3.8) is 0 Å². The number of carboxylic acids is 1. The Balaban J connectivity index is 3.15. The van der Waals surface area contributed by atoms with Gasteiger partial charge >= 0.3 is 12.3 Å². The van der Waals surface area contributed by atoms with Crippen molar-refractivity contribution in [1.29, 1.82) is 0 Å². The summed E-state index contributed by atoms with van der Waals surface area (Å²) in [6, 6.07) is 1.25. The average molecular weight is 440 g/mol. The molecule has 0 radical (unpaired) electrons. The van der Waals surface area contributed by atoms with E-state index in [4.69, 9.17) is 5.11 Å². The third-order valence-corrected chi connectivity index (χ3v) is 3.06. The van der Waals surface area contributed by atoms with Gasteiger partial charge in [-0.05, 0) is 28.7 Å². The minimum Gasteiger partial charge on any atom is -0.481 e. The maximum Gasteiger partial charge on any atom is 0.573 e. The minimum atomic E-state index is -4.81. The van der Waals surface area contributed by atoms with Crippen molar-refractivity contribution in [1.82, 2.24) is 4.98 Å². The summed E-state index contributed by atoms with van der Waals surface area (Å²) in [5.74, 6) is -1.52. The first-order valence-electron chi connectivity index (χ1n) is 4.44. The zero-order chi connectivity index (χ0) is 13.9. The van der Waals surface area contributed by atoms with Crippen LogP contribution in [0, 0.1) is 3.57 Å². The predicted octanol–water partition coefficient (Wildman–Crippen LogP) is 3.11. The van der Waals surface area contributed by atoms with Crippen LogP contribution in [-0.2, 0) is 16.5 Å². The summed E-state index contributed by atoms with van der Waals surface area (Å²) in [7, 11) is 0. The average Bonchev–Trinajstić information content (AvgIpc) is 2.19. The predicted molar refractivity (Wildman–Crippen MR) is 67.6 cm³/mol. The zero-order valence-corrected chi connectivity index (χ0v) is 12.3. The monoisotopic (exact) mass is 439 g/mol. The number of aromatic nitrogens is 1. The molecule has 0 saturated heterocycles. The number of hydrogen-bond donors (Lipinski definition) is 1. The van der Waals surface area contributed by atoms with E-state index in [9.17, 15) is 18.0 Å². The Kier molecular flexibility index (Phi) is 5.20. The summed E-state index contributed by atoms with van der Waals surface area (Å²) in [4.78, 5) is 14.3. The highest BCUT2D eigenvalue weighted by Crippen LogP contribution is 2.32. The highest BCUT2D eigenvalue weighted by molar-refractivity contribution is 14.1. The van der Waals surface area contributed by atoms with E-state index >= 15 is 0 Å². The van der Waals surface area contributed by atoms with Crippen LogP contribution < -0.4 is 4.74 Å². The van der Waals surface area contributed by atoms with Gasteiger partial charge in [0.25, 0.3) is 0 Å². The molecule has 0 unspecified atom stereocenters. The van der Waals surface area contributed by atoms with Gasteiger partial charge in [0.15, 0.2) is 5.75 Å². The molecule has 9 heteroatoms. The molecule has 18 heavy (non-hydrogen) atoms. The lowest BCUT2D eigenvalue weighted by molar-refractivity contribution is -0.275. The Bertz CT molecular complexity index is 467. The number of aliphatic carboxylic acids is 1. The normalized spacial score (nSPS) is 11.4. The van der Waals surface area contributed by atoms with Crippen LogP contribution in [0.3, 0.4) is 0 Å². The maximum absolute atomic E-state index is 12.2. The molecule has 1 heterocycles. The second-order valence-electron chi connectivity index (χ2n) is 3.12. The Hall–Kier alpha value is -0.580. The van der Waals surface area contributed by atoms with Crippen molar-refractivity contribution in [2.45, 2.75) is 18.1 Å². The molecule has 1 rings (SSSR count). The highest BCUT2D eigenvalue weighted by atomic mass is 127. The molecule has 0 aromatic carbocycles. The lowest BCUT2D eigenvalue weighted by atomic mass is 10.2. The van der Waals surface area contributed by atoms with E-state index in [0.29, 0.717) is 0 Å². The van der Waals surface area contributed by atoms with Crippen LogP contribution >= 0.6 is 38.5 Å². The third kappa shape index (κ3) is 4.59. The molecule has 1 aromatic rings. The van der Waals surface area contributed by atoms with Crippen LogP contribution in [0.25, 0.3) is 0 Å². The second kappa shape index (κ2) is 6.04. The first kappa shape index (κ1) is 15.5. The van der Waals surface area contributed by atoms with E-state index in [2.05, 4.69) is 25.7 Å². The molecule has 0 fully saturated rings. The summed E-state index contributed by atoms with van der Waals surface area (Å²) in [5, 5.41) is 8.64. The quantitative estimate of drug-likeness (QED) is 0.578. The summed E-state index contributed by atoms with van der Waals surface area (Å²) >= 11 is 4.63. The van der Waals surface area contributed by atoms with Crippen molar-refractivity contribution in [2.75, 3.05) is 0 Å². The lowest BCUT2D eigenvalue weighted by Gasteiger charge is -2.14. The van der Waals surface area contributed by atoms with E-state index in [0.717, 1.165) is 0 Å². The van der Waals surface area contributed by atoms with Crippen LogP contribution in [0.2, 0.25) is 0 Å². The molecule has 0 atom stereocenters. The van der Waals surface area contributed by atoms with Crippen LogP contribution in [-0.4, -0.2) is 22.4 Å². The maximum atomic E-state index is 12.2.